The maximum atomic E-state index is 12.4. The monoisotopic (exact) mass is 365 g/mol. The summed E-state index contributed by atoms with van der Waals surface area (Å²) < 4.78 is 7.50. The molecule has 27 heavy (non-hydrogen) atoms. The van der Waals surface area contributed by atoms with E-state index in [2.05, 4.69) is 15.4 Å². The molecule has 3 aromatic rings. The van der Waals surface area contributed by atoms with E-state index in [4.69, 9.17) is 10.5 Å². The van der Waals surface area contributed by atoms with Gasteiger partial charge in [0.2, 0.25) is 5.91 Å². The molecule has 3 N–H and O–H groups in total. The van der Waals surface area contributed by atoms with Gasteiger partial charge >= 0.3 is 0 Å². The number of pyridine rings is 1. The number of carbonyl (C=O) groups is 1. The summed E-state index contributed by atoms with van der Waals surface area (Å²) in [6, 6.07) is 13.1. The van der Waals surface area contributed by atoms with Crippen LogP contribution in [0.1, 0.15) is 12.6 Å². The number of rotatable bonds is 7. The lowest BCUT2D eigenvalue weighted by molar-refractivity contribution is -0.126. The molecular formula is C20H23N5O2. The second-order valence-corrected chi connectivity index (χ2v) is 6.45. The first-order chi connectivity index (χ1) is 13.0. The highest BCUT2D eigenvalue weighted by atomic mass is 16.5. The highest BCUT2D eigenvalue weighted by molar-refractivity contribution is 5.86. The molecule has 7 heteroatoms. The van der Waals surface area contributed by atoms with Crippen molar-refractivity contribution in [1.29, 1.82) is 0 Å². The molecule has 0 spiro atoms. The van der Waals surface area contributed by atoms with Crippen molar-refractivity contribution < 1.29 is 9.53 Å². The third-order valence-electron chi connectivity index (χ3n) is 4.20. The number of nitrogens with one attached hydrogen (secondary N) is 1. The number of amides is 1. The minimum absolute atomic E-state index is 0.297. The summed E-state index contributed by atoms with van der Waals surface area (Å²) >= 11 is 0. The zero-order chi connectivity index (χ0) is 19.3. The summed E-state index contributed by atoms with van der Waals surface area (Å²) in [6.07, 6.45) is 5.37. The Labute approximate surface area is 158 Å². The number of hydrogen-bond donors (Lipinski definition) is 2. The Kier molecular flexibility index (Phi) is 5.52. The zero-order valence-electron chi connectivity index (χ0n) is 15.4. The second kappa shape index (κ2) is 8.01. The van der Waals surface area contributed by atoms with Gasteiger partial charge in [0.1, 0.15) is 17.9 Å². The van der Waals surface area contributed by atoms with Gasteiger partial charge in [0.05, 0.1) is 18.4 Å². The lowest BCUT2D eigenvalue weighted by Crippen LogP contribution is -2.50. The van der Waals surface area contributed by atoms with Gasteiger partial charge < -0.3 is 15.8 Å². The molecule has 1 unspecified atom stereocenters. The molecule has 0 aliphatic carbocycles. The van der Waals surface area contributed by atoms with E-state index in [1.54, 1.807) is 42.2 Å². The van der Waals surface area contributed by atoms with Crippen molar-refractivity contribution in [3.63, 3.8) is 0 Å². The number of benzene rings is 1. The largest absolute Gasteiger partial charge is 0.492 e. The molecule has 0 radical (unpaired) electrons. The van der Waals surface area contributed by atoms with Crippen LogP contribution in [-0.2, 0) is 17.4 Å². The first-order valence-electron chi connectivity index (χ1n) is 8.67. The Hall–Kier alpha value is -3.19. The van der Waals surface area contributed by atoms with Gasteiger partial charge in [-0.1, -0.05) is 18.2 Å². The Balaban J connectivity index is 1.52. The van der Waals surface area contributed by atoms with E-state index >= 15 is 0 Å². The highest BCUT2D eigenvalue weighted by Gasteiger charge is 2.31. The number of nitrogens with two attached hydrogens (primary N) is 1. The second-order valence-electron chi connectivity index (χ2n) is 6.45. The summed E-state index contributed by atoms with van der Waals surface area (Å²) in [6.45, 7) is 2.32. The first kappa shape index (κ1) is 18.6. The van der Waals surface area contributed by atoms with Crippen molar-refractivity contribution in [3.05, 3.63) is 66.7 Å². The van der Waals surface area contributed by atoms with Crippen LogP contribution in [0.2, 0.25) is 0 Å². The van der Waals surface area contributed by atoms with Gasteiger partial charge in [-0.05, 0) is 36.8 Å². The van der Waals surface area contributed by atoms with Gasteiger partial charge in [0.25, 0.3) is 0 Å². The van der Waals surface area contributed by atoms with Gasteiger partial charge in [-0.2, -0.15) is 5.10 Å². The number of ether oxygens (including phenoxy) is 1. The van der Waals surface area contributed by atoms with Crippen LogP contribution in [0.25, 0.3) is 11.1 Å². The summed E-state index contributed by atoms with van der Waals surface area (Å²) in [5.74, 6) is 0.430. The van der Waals surface area contributed by atoms with Crippen LogP contribution in [0.5, 0.6) is 5.75 Å². The normalized spacial score (nSPS) is 13.0. The zero-order valence-corrected chi connectivity index (χ0v) is 15.4. The predicted octanol–water partition coefficient (Wildman–Crippen LogP) is 1.85. The average molecular weight is 365 g/mol. The fraction of sp³-hybridized carbons (Fsp3) is 0.250. The topological polar surface area (TPSA) is 95.1 Å². The Bertz CT molecular complexity index is 906. The van der Waals surface area contributed by atoms with Crippen LogP contribution in [0.4, 0.5) is 0 Å². The van der Waals surface area contributed by atoms with Gasteiger partial charge in [0, 0.05) is 25.0 Å². The van der Waals surface area contributed by atoms with E-state index in [9.17, 15) is 4.79 Å². The molecule has 0 fully saturated rings. The van der Waals surface area contributed by atoms with E-state index < -0.39 is 5.54 Å². The molecule has 1 aromatic carbocycles. The Morgan fingerprint density at radius 3 is 2.81 bits per heavy atom. The van der Waals surface area contributed by atoms with Crippen molar-refractivity contribution >= 4 is 5.91 Å². The smallest absolute Gasteiger partial charge is 0.246 e. The van der Waals surface area contributed by atoms with E-state index in [1.807, 2.05) is 37.5 Å². The average Bonchev–Trinajstić information content (AvgIpc) is 3.12. The van der Waals surface area contributed by atoms with Gasteiger partial charge in [-0.3, -0.25) is 14.5 Å². The number of aryl methyl sites for hydroxylation is 1. The van der Waals surface area contributed by atoms with Crippen LogP contribution in [-0.4, -0.2) is 33.8 Å². The predicted molar refractivity (Wildman–Crippen MR) is 103 cm³/mol. The molecule has 140 valence electrons. The van der Waals surface area contributed by atoms with E-state index in [1.165, 1.54) is 0 Å². The molecule has 0 aliphatic rings. The van der Waals surface area contributed by atoms with E-state index in [0.717, 1.165) is 16.9 Å². The third kappa shape index (κ3) is 4.51. The van der Waals surface area contributed by atoms with Crippen molar-refractivity contribution in [1.82, 2.24) is 20.1 Å². The van der Waals surface area contributed by atoms with Crippen LogP contribution >= 0.6 is 0 Å². The molecule has 0 saturated carbocycles. The van der Waals surface area contributed by atoms with Crippen LogP contribution in [0, 0.1) is 0 Å². The maximum absolute atomic E-state index is 12.4. The summed E-state index contributed by atoms with van der Waals surface area (Å²) in [4.78, 5) is 16.5. The number of aromatic nitrogens is 3. The highest BCUT2D eigenvalue weighted by Crippen LogP contribution is 2.23. The van der Waals surface area contributed by atoms with Gasteiger partial charge in [0.15, 0.2) is 0 Å². The molecule has 1 amide bonds. The Morgan fingerprint density at radius 2 is 2.11 bits per heavy atom. The molecule has 2 aromatic heterocycles. The molecule has 2 heterocycles. The molecule has 7 nitrogen and oxygen atoms in total. The number of hydrogen-bond acceptors (Lipinski definition) is 5. The van der Waals surface area contributed by atoms with E-state index in [0.29, 0.717) is 18.8 Å². The first-order valence-corrected chi connectivity index (χ1v) is 8.67. The van der Waals surface area contributed by atoms with Crippen molar-refractivity contribution in [2.24, 2.45) is 12.8 Å². The van der Waals surface area contributed by atoms with Gasteiger partial charge in [-0.15, -0.1) is 0 Å². The fourth-order valence-electron chi connectivity index (χ4n) is 2.64. The Morgan fingerprint density at radius 1 is 1.26 bits per heavy atom. The summed E-state index contributed by atoms with van der Waals surface area (Å²) in [7, 11) is 1.88. The van der Waals surface area contributed by atoms with Crippen LogP contribution < -0.4 is 15.8 Å². The fourth-order valence-corrected chi connectivity index (χ4v) is 2.64. The maximum Gasteiger partial charge on any atom is 0.246 e. The van der Waals surface area contributed by atoms with E-state index in [-0.39, 0.29) is 5.91 Å². The van der Waals surface area contributed by atoms with Crippen molar-refractivity contribution in [3.8, 4) is 16.9 Å². The quantitative estimate of drug-likeness (QED) is 0.623. The molecule has 0 bridgehead atoms. The van der Waals surface area contributed by atoms with Crippen LogP contribution in [0.15, 0.2) is 61.1 Å². The summed E-state index contributed by atoms with van der Waals surface area (Å²) in [5.41, 5.74) is 7.51. The molecule has 0 aliphatic heterocycles. The standard InChI is InChI=1S/C20H23N5O2/c1-20(21,18-8-3-4-9-22-18)19(26)23-10-11-27-17-7-5-6-15(12-17)16-13-24-25(2)14-16/h3-9,12-14H,10-11,21H2,1-2H3,(H,23,26). The van der Waals surface area contributed by atoms with Crippen LogP contribution in [0.3, 0.4) is 0 Å². The minimum Gasteiger partial charge on any atom is -0.492 e. The lowest BCUT2D eigenvalue weighted by Gasteiger charge is -2.22. The summed E-state index contributed by atoms with van der Waals surface area (Å²) in [5, 5.41) is 6.98. The molecular weight excluding hydrogens is 342 g/mol. The third-order valence-corrected chi connectivity index (χ3v) is 4.20. The number of nitrogens with zero attached hydrogens (tertiary/aromatic N) is 3. The lowest BCUT2D eigenvalue weighted by atomic mass is 9.97. The molecule has 1 atom stereocenters. The SMILES string of the molecule is Cn1cc(-c2cccc(OCCNC(=O)C(C)(N)c3ccccn3)c2)cn1. The minimum atomic E-state index is -1.19. The number of carbonyl (C=O) groups excluding carboxylic acids is 1. The van der Waals surface area contributed by atoms with Crippen molar-refractivity contribution in [2.45, 2.75) is 12.5 Å². The molecule has 0 saturated heterocycles. The molecule has 3 rings (SSSR count). The van der Waals surface area contributed by atoms with Gasteiger partial charge in [-0.25, -0.2) is 0 Å². The van der Waals surface area contributed by atoms with Crippen molar-refractivity contribution in [2.75, 3.05) is 13.2 Å².